The molecule has 0 radical (unpaired) electrons. The number of carbonyl (C=O) groups excluding carboxylic acids is 1. The van der Waals surface area contributed by atoms with Gasteiger partial charge < -0.3 is 14.8 Å². The lowest BCUT2D eigenvalue weighted by Gasteiger charge is -2.12. The van der Waals surface area contributed by atoms with E-state index in [9.17, 15) is 4.79 Å². The van der Waals surface area contributed by atoms with Crippen LogP contribution in [0.15, 0.2) is 18.2 Å². The molecule has 5 heteroatoms. The zero-order valence-corrected chi connectivity index (χ0v) is 12.8. The molecule has 0 saturated heterocycles. The van der Waals surface area contributed by atoms with E-state index in [0.29, 0.717) is 42.7 Å². The topological polar surface area (TPSA) is 47.6 Å². The van der Waals surface area contributed by atoms with Crippen LogP contribution in [0, 0.1) is 0 Å². The predicted molar refractivity (Wildman–Crippen MR) is 81.1 cm³/mol. The number of hydrogen-bond acceptors (Lipinski definition) is 3. The number of nitrogens with one attached hydrogen (secondary N) is 1. The summed E-state index contributed by atoms with van der Waals surface area (Å²) < 4.78 is 11.0. The summed E-state index contributed by atoms with van der Waals surface area (Å²) in [5, 5.41) is 2.86. The number of amides is 1. The average molecular weight is 300 g/mol. The van der Waals surface area contributed by atoms with Crippen molar-refractivity contribution < 1.29 is 14.3 Å². The summed E-state index contributed by atoms with van der Waals surface area (Å²) in [6.07, 6.45) is 1.78. The van der Waals surface area contributed by atoms with Crippen molar-refractivity contribution in [3.05, 3.63) is 23.8 Å². The molecule has 0 bridgehead atoms. The smallest absolute Gasteiger partial charge is 0.251 e. The summed E-state index contributed by atoms with van der Waals surface area (Å²) >= 11 is 5.59. The summed E-state index contributed by atoms with van der Waals surface area (Å²) in [6, 6.07) is 5.22. The highest BCUT2D eigenvalue weighted by Gasteiger charge is 2.11. The fraction of sp³-hybridized carbons (Fsp3) is 0.533. The molecule has 1 aromatic rings. The van der Waals surface area contributed by atoms with Gasteiger partial charge in [-0.2, -0.15) is 0 Å². The Morgan fingerprint density at radius 2 is 1.85 bits per heavy atom. The zero-order chi connectivity index (χ0) is 14.8. The molecule has 0 spiro atoms. The van der Waals surface area contributed by atoms with E-state index >= 15 is 0 Å². The van der Waals surface area contributed by atoms with Crippen LogP contribution in [0.1, 0.15) is 37.0 Å². The van der Waals surface area contributed by atoms with Gasteiger partial charge in [-0.25, -0.2) is 0 Å². The molecule has 1 N–H and O–H groups in total. The van der Waals surface area contributed by atoms with Gasteiger partial charge in [-0.05, 0) is 44.9 Å². The van der Waals surface area contributed by atoms with E-state index < -0.39 is 0 Å². The predicted octanol–water partition coefficient (Wildman–Crippen LogP) is 3.23. The number of carbonyl (C=O) groups is 1. The summed E-state index contributed by atoms with van der Waals surface area (Å²) in [7, 11) is 0. The molecule has 0 aromatic heterocycles. The molecule has 0 aliphatic heterocycles. The van der Waals surface area contributed by atoms with Gasteiger partial charge in [0.25, 0.3) is 5.91 Å². The standard InChI is InChI=1S/C15H22ClNO3/c1-3-19-13-8-7-12(11-14(13)20-4-2)15(18)17-10-6-5-9-16/h7-8,11H,3-6,9-10H2,1-2H3,(H,17,18). The Morgan fingerprint density at radius 1 is 1.15 bits per heavy atom. The second kappa shape index (κ2) is 9.48. The molecule has 112 valence electrons. The van der Waals surface area contributed by atoms with Crippen molar-refractivity contribution in [2.45, 2.75) is 26.7 Å². The van der Waals surface area contributed by atoms with E-state index in [1.54, 1.807) is 18.2 Å². The first kappa shape index (κ1) is 16.6. The Morgan fingerprint density at radius 3 is 2.50 bits per heavy atom. The average Bonchev–Trinajstić information content (AvgIpc) is 2.45. The third kappa shape index (κ3) is 5.29. The van der Waals surface area contributed by atoms with E-state index in [-0.39, 0.29) is 5.91 Å². The fourth-order valence-corrected chi connectivity index (χ4v) is 1.90. The Bertz CT molecular complexity index is 424. The Labute approximate surface area is 125 Å². The normalized spacial score (nSPS) is 10.2. The lowest BCUT2D eigenvalue weighted by atomic mass is 10.2. The molecule has 0 unspecified atom stereocenters. The van der Waals surface area contributed by atoms with Crippen molar-refractivity contribution in [1.29, 1.82) is 0 Å². The van der Waals surface area contributed by atoms with E-state index in [4.69, 9.17) is 21.1 Å². The first-order valence-corrected chi connectivity index (χ1v) is 7.50. The second-order valence-corrected chi connectivity index (χ2v) is 4.56. The number of unbranched alkanes of at least 4 members (excludes halogenated alkanes) is 1. The Kier molecular flexibility index (Phi) is 7.88. The number of alkyl halides is 1. The summed E-state index contributed by atoms with van der Waals surface area (Å²) in [4.78, 5) is 12.0. The van der Waals surface area contributed by atoms with Crippen molar-refractivity contribution in [1.82, 2.24) is 5.32 Å². The van der Waals surface area contributed by atoms with Gasteiger partial charge in [0.2, 0.25) is 0 Å². The van der Waals surface area contributed by atoms with Crippen molar-refractivity contribution >= 4 is 17.5 Å². The molecule has 4 nitrogen and oxygen atoms in total. The summed E-state index contributed by atoms with van der Waals surface area (Å²) in [5.74, 6) is 1.77. The maximum absolute atomic E-state index is 12.0. The van der Waals surface area contributed by atoms with Crippen LogP contribution in [-0.4, -0.2) is 31.5 Å². The number of halogens is 1. The highest BCUT2D eigenvalue weighted by Crippen LogP contribution is 2.28. The Hall–Kier alpha value is -1.42. The Balaban J connectivity index is 2.69. The molecule has 0 aliphatic rings. The molecular formula is C15H22ClNO3. The van der Waals surface area contributed by atoms with Crippen LogP contribution in [0.3, 0.4) is 0 Å². The maximum Gasteiger partial charge on any atom is 0.251 e. The third-order valence-corrected chi connectivity index (χ3v) is 2.92. The van der Waals surface area contributed by atoms with Gasteiger partial charge in [0.1, 0.15) is 0 Å². The van der Waals surface area contributed by atoms with Crippen molar-refractivity contribution in [3.8, 4) is 11.5 Å². The number of ether oxygens (including phenoxy) is 2. The van der Waals surface area contributed by atoms with E-state index in [1.807, 2.05) is 13.8 Å². The molecule has 1 aromatic carbocycles. The largest absolute Gasteiger partial charge is 0.490 e. The summed E-state index contributed by atoms with van der Waals surface area (Å²) in [6.45, 7) is 5.52. The van der Waals surface area contributed by atoms with Gasteiger partial charge in [-0.3, -0.25) is 4.79 Å². The minimum atomic E-state index is -0.108. The highest BCUT2D eigenvalue weighted by atomic mass is 35.5. The van der Waals surface area contributed by atoms with Gasteiger partial charge in [0.05, 0.1) is 13.2 Å². The molecular weight excluding hydrogens is 278 g/mol. The minimum Gasteiger partial charge on any atom is -0.490 e. The number of benzene rings is 1. The minimum absolute atomic E-state index is 0.108. The van der Waals surface area contributed by atoms with E-state index in [1.165, 1.54) is 0 Å². The van der Waals surface area contributed by atoms with Crippen LogP contribution in [0.2, 0.25) is 0 Å². The third-order valence-electron chi connectivity index (χ3n) is 2.65. The molecule has 0 saturated carbocycles. The van der Waals surface area contributed by atoms with Gasteiger partial charge in [0, 0.05) is 18.0 Å². The molecule has 0 heterocycles. The molecule has 0 atom stereocenters. The number of rotatable bonds is 9. The maximum atomic E-state index is 12.0. The fourth-order valence-electron chi connectivity index (χ4n) is 1.72. The van der Waals surface area contributed by atoms with Crippen molar-refractivity contribution in [2.75, 3.05) is 25.6 Å². The second-order valence-electron chi connectivity index (χ2n) is 4.18. The van der Waals surface area contributed by atoms with Gasteiger partial charge >= 0.3 is 0 Å². The first-order chi connectivity index (χ1) is 9.72. The highest BCUT2D eigenvalue weighted by molar-refractivity contribution is 6.17. The van der Waals surface area contributed by atoms with Crippen molar-refractivity contribution in [2.24, 2.45) is 0 Å². The lowest BCUT2D eigenvalue weighted by molar-refractivity contribution is 0.0952. The zero-order valence-electron chi connectivity index (χ0n) is 12.1. The summed E-state index contributed by atoms with van der Waals surface area (Å²) in [5.41, 5.74) is 0.572. The molecule has 0 fully saturated rings. The van der Waals surface area contributed by atoms with Crippen LogP contribution >= 0.6 is 11.6 Å². The van der Waals surface area contributed by atoms with Crippen LogP contribution in [0.4, 0.5) is 0 Å². The van der Waals surface area contributed by atoms with E-state index in [0.717, 1.165) is 12.8 Å². The molecule has 1 rings (SSSR count). The van der Waals surface area contributed by atoms with E-state index in [2.05, 4.69) is 5.32 Å². The van der Waals surface area contributed by atoms with Crippen LogP contribution in [0.5, 0.6) is 11.5 Å². The molecule has 20 heavy (non-hydrogen) atoms. The van der Waals surface area contributed by atoms with Crippen molar-refractivity contribution in [3.63, 3.8) is 0 Å². The first-order valence-electron chi connectivity index (χ1n) is 6.96. The van der Waals surface area contributed by atoms with Gasteiger partial charge in [0.15, 0.2) is 11.5 Å². The SMILES string of the molecule is CCOc1ccc(C(=O)NCCCCCl)cc1OCC. The monoisotopic (exact) mass is 299 g/mol. The van der Waals surface area contributed by atoms with Crippen LogP contribution in [0.25, 0.3) is 0 Å². The van der Waals surface area contributed by atoms with Crippen LogP contribution in [-0.2, 0) is 0 Å². The number of hydrogen-bond donors (Lipinski definition) is 1. The lowest BCUT2D eigenvalue weighted by Crippen LogP contribution is -2.24. The molecule has 0 aliphatic carbocycles. The van der Waals surface area contributed by atoms with Gasteiger partial charge in [-0.15, -0.1) is 11.6 Å². The van der Waals surface area contributed by atoms with Crippen LogP contribution < -0.4 is 14.8 Å². The quantitative estimate of drug-likeness (QED) is 0.562. The molecule has 1 amide bonds. The van der Waals surface area contributed by atoms with Gasteiger partial charge in [-0.1, -0.05) is 0 Å².